The number of carbonyl (C=O) groups excluding carboxylic acids is 1. The summed E-state index contributed by atoms with van der Waals surface area (Å²) in [6.45, 7) is 3.15. The number of pyridine rings is 1. The number of carbonyl (C=O) groups is 1. The van der Waals surface area contributed by atoms with Crippen molar-refractivity contribution in [2.24, 2.45) is 0 Å². The lowest BCUT2D eigenvalue weighted by molar-refractivity contribution is 0.0785. The lowest BCUT2D eigenvalue weighted by atomic mass is 10.2. The molecule has 0 atom stereocenters. The minimum Gasteiger partial charge on any atom is -0.337 e. The van der Waals surface area contributed by atoms with E-state index in [1.807, 2.05) is 0 Å². The summed E-state index contributed by atoms with van der Waals surface area (Å²) >= 11 is 0. The van der Waals surface area contributed by atoms with Crippen molar-refractivity contribution in [2.75, 3.05) is 13.1 Å². The van der Waals surface area contributed by atoms with Gasteiger partial charge in [-0.1, -0.05) is 6.07 Å². The third-order valence-electron chi connectivity index (χ3n) is 2.65. The molecule has 1 saturated heterocycles. The molecule has 1 aromatic rings. The quantitative estimate of drug-likeness (QED) is 0.659. The maximum absolute atomic E-state index is 13.1. The number of nitrogens with zero attached hydrogens (tertiary/aromatic N) is 2. The van der Waals surface area contributed by atoms with Crippen LogP contribution in [0.1, 0.15) is 28.9 Å². The molecule has 4 heteroatoms. The molecular weight excluding hydrogens is 195 g/mol. The molecule has 0 N–H and O–H groups in total. The molecule has 1 aromatic heterocycles. The Hall–Kier alpha value is -1.45. The number of halogens is 1. The lowest BCUT2D eigenvalue weighted by Crippen LogP contribution is -2.28. The van der Waals surface area contributed by atoms with Crippen LogP contribution in [-0.4, -0.2) is 28.9 Å². The molecule has 3 nitrogen and oxygen atoms in total. The second-order valence-corrected chi connectivity index (χ2v) is 3.80. The molecule has 1 fully saturated rings. The van der Waals surface area contributed by atoms with Gasteiger partial charge in [0.15, 0.2) is 0 Å². The minimum absolute atomic E-state index is 0.161. The van der Waals surface area contributed by atoms with Crippen molar-refractivity contribution in [3.8, 4) is 0 Å². The second-order valence-electron chi connectivity index (χ2n) is 3.80. The third-order valence-corrected chi connectivity index (χ3v) is 2.65. The summed E-state index contributed by atoms with van der Waals surface area (Å²) in [7, 11) is 0. The van der Waals surface area contributed by atoms with Gasteiger partial charge in [-0.15, -0.1) is 0 Å². The Morgan fingerprint density at radius 3 is 2.67 bits per heavy atom. The number of amides is 1. The van der Waals surface area contributed by atoms with E-state index in [-0.39, 0.29) is 11.6 Å². The average molecular weight is 208 g/mol. The molecule has 0 spiro atoms. The fourth-order valence-electron chi connectivity index (χ4n) is 1.71. The van der Waals surface area contributed by atoms with Gasteiger partial charge in [-0.3, -0.25) is 4.79 Å². The predicted octanol–water partition coefficient (Wildman–Crippen LogP) is 1.77. The van der Waals surface area contributed by atoms with Crippen molar-refractivity contribution < 1.29 is 9.18 Å². The first-order valence-electron chi connectivity index (χ1n) is 5.11. The van der Waals surface area contributed by atoms with Gasteiger partial charge in [-0.25, -0.2) is 4.98 Å². The van der Waals surface area contributed by atoms with Gasteiger partial charge in [0.1, 0.15) is 5.69 Å². The van der Waals surface area contributed by atoms with Crippen LogP contribution in [0.5, 0.6) is 0 Å². The molecule has 1 amide bonds. The van der Waals surface area contributed by atoms with Gasteiger partial charge in [0, 0.05) is 18.7 Å². The molecular formula is C11H13FN2O. The SMILES string of the molecule is Cc1ccc(C(=O)N2CCCC2)nc1F. The van der Waals surface area contributed by atoms with Gasteiger partial charge in [0.05, 0.1) is 0 Å². The van der Waals surface area contributed by atoms with Gasteiger partial charge < -0.3 is 4.90 Å². The number of aryl methyl sites for hydroxylation is 1. The summed E-state index contributed by atoms with van der Waals surface area (Å²) < 4.78 is 13.1. The Balaban J connectivity index is 2.21. The zero-order valence-corrected chi connectivity index (χ0v) is 8.66. The molecule has 0 bridgehead atoms. The largest absolute Gasteiger partial charge is 0.337 e. The molecule has 2 heterocycles. The summed E-state index contributed by atoms with van der Waals surface area (Å²) in [5, 5.41) is 0. The number of hydrogen-bond donors (Lipinski definition) is 0. The smallest absolute Gasteiger partial charge is 0.272 e. The second kappa shape index (κ2) is 3.96. The normalized spacial score (nSPS) is 15.7. The van der Waals surface area contributed by atoms with Crippen LogP contribution in [0.25, 0.3) is 0 Å². The Bertz CT molecular complexity index is 386. The van der Waals surface area contributed by atoms with E-state index in [9.17, 15) is 9.18 Å². The van der Waals surface area contributed by atoms with Crippen LogP contribution in [0.2, 0.25) is 0 Å². The van der Waals surface area contributed by atoms with Gasteiger partial charge in [0.2, 0.25) is 5.95 Å². The zero-order valence-electron chi connectivity index (χ0n) is 8.66. The van der Waals surface area contributed by atoms with Gasteiger partial charge in [-0.2, -0.15) is 4.39 Å². The fourth-order valence-corrected chi connectivity index (χ4v) is 1.71. The molecule has 1 aliphatic rings. The van der Waals surface area contributed by atoms with Crippen molar-refractivity contribution in [3.05, 3.63) is 29.3 Å². The van der Waals surface area contributed by atoms with Crippen LogP contribution < -0.4 is 0 Å². The Labute approximate surface area is 87.9 Å². The van der Waals surface area contributed by atoms with Crippen molar-refractivity contribution in [3.63, 3.8) is 0 Å². The molecule has 1 aliphatic heterocycles. The van der Waals surface area contributed by atoms with Crippen molar-refractivity contribution in [2.45, 2.75) is 19.8 Å². The van der Waals surface area contributed by atoms with E-state index in [4.69, 9.17) is 0 Å². The highest BCUT2D eigenvalue weighted by Gasteiger charge is 2.20. The lowest BCUT2D eigenvalue weighted by Gasteiger charge is -2.14. The van der Waals surface area contributed by atoms with Crippen LogP contribution in [0.15, 0.2) is 12.1 Å². The van der Waals surface area contributed by atoms with E-state index < -0.39 is 5.95 Å². The zero-order chi connectivity index (χ0) is 10.8. The first-order valence-corrected chi connectivity index (χ1v) is 5.11. The first kappa shape index (κ1) is 10.1. The van der Waals surface area contributed by atoms with E-state index in [1.165, 1.54) is 0 Å². The highest BCUT2D eigenvalue weighted by atomic mass is 19.1. The van der Waals surface area contributed by atoms with Crippen LogP contribution in [-0.2, 0) is 0 Å². The van der Waals surface area contributed by atoms with Crippen molar-refractivity contribution in [1.29, 1.82) is 0 Å². The van der Waals surface area contributed by atoms with Crippen molar-refractivity contribution >= 4 is 5.91 Å². The molecule has 80 valence electrons. The van der Waals surface area contributed by atoms with Crippen LogP contribution >= 0.6 is 0 Å². The first-order chi connectivity index (χ1) is 7.18. The molecule has 2 rings (SSSR count). The molecule has 0 radical (unpaired) electrons. The Morgan fingerprint density at radius 2 is 2.07 bits per heavy atom. The number of hydrogen-bond acceptors (Lipinski definition) is 2. The summed E-state index contributed by atoms with van der Waals surface area (Å²) in [4.78, 5) is 17.2. The number of aromatic nitrogens is 1. The highest BCUT2D eigenvalue weighted by Crippen LogP contribution is 2.12. The summed E-state index contributed by atoms with van der Waals surface area (Å²) in [5.41, 5.74) is 0.674. The summed E-state index contributed by atoms with van der Waals surface area (Å²) in [6.07, 6.45) is 2.06. The van der Waals surface area contributed by atoms with Crippen LogP contribution in [0.3, 0.4) is 0 Å². The van der Waals surface area contributed by atoms with E-state index in [0.717, 1.165) is 25.9 Å². The summed E-state index contributed by atoms with van der Waals surface area (Å²) in [6, 6.07) is 3.17. The van der Waals surface area contributed by atoms with E-state index in [2.05, 4.69) is 4.98 Å². The third kappa shape index (κ3) is 1.98. The topological polar surface area (TPSA) is 33.2 Å². The maximum Gasteiger partial charge on any atom is 0.272 e. The van der Waals surface area contributed by atoms with Crippen molar-refractivity contribution in [1.82, 2.24) is 9.88 Å². The van der Waals surface area contributed by atoms with Crippen LogP contribution in [0, 0.1) is 12.9 Å². The molecule has 0 aromatic carbocycles. The van der Waals surface area contributed by atoms with Gasteiger partial charge in [-0.05, 0) is 25.8 Å². The fraction of sp³-hybridized carbons (Fsp3) is 0.455. The molecule has 0 unspecified atom stereocenters. The predicted molar refractivity (Wildman–Crippen MR) is 54.1 cm³/mol. The maximum atomic E-state index is 13.1. The average Bonchev–Trinajstić information content (AvgIpc) is 2.74. The van der Waals surface area contributed by atoms with E-state index in [1.54, 1.807) is 24.0 Å². The van der Waals surface area contributed by atoms with Crippen LogP contribution in [0.4, 0.5) is 4.39 Å². The number of rotatable bonds is 1. The van der Waals surface area contributed by atoms with E-state index >= 15 is 0 Å². The number of likely N-dealkylation sites (tertiary alicyclic amines) is 1. The standard InChI is InChI=1S/C11H13FN2O/c1-8-4-5-9(13-10(8)12)11(15)14-6-2-3-7-14/h4-5H,2-3,6-7H2,1H3. The Kier molecular flexibility index (Phi) is 2.66. The van der Waals surface area contributed by atoms with Gasteiger partial charge in [0.25, 0.3) is 5.91 Å². The molecule has 0 aliphatic carbocycles. The highest BCUT2D eigenvalue weighted by molar-refractivity contribution is 5.92. The van der Waals surface area contributed by atoms with E-state index in [0.29, 0.717) is 5.56 Å². The molecule has 0 saturated carbocycles. The summed E-state index contributed by atoms with van der Waals surface area (Å²) in [5.74, 6) is -0.716. The minimum atomic E-state index is -0.556. The Morgan fingerprint density at radius 1 is 1.40 bits per heavy atom. The molecule has 15 heavy (non-hydrogen) atoms. The van der Waals surface area contributed by atoms with Gasteiger partial charge >= 0.3 is 0 Å². The monoisotopic (exact) mass is 208 g/mol.